The lowest BCUT2D eigenvalue weighted by atomic mass is 9.89. The molecular formula is C20H20N2O3. The molecule has 128 valence electrons. The molecule has 0 saturated carbocycles. The number of hydrogen-bond acceptors (Lipinski definition) is 3. The van der Waals surface area contributed by atoms with Gasteiger partial charge in [0.15, 0.2) is 0 Å². The summed E-state index contributed by atoms with van der Waals surface area (Å²) in [4.78, 5) is 28.2. The van der Waals surface area contributed by atoms with Crippen LogP contribution in [0.15, 0.2) is 48.7 Å². The van der Waals surface area contributed by atoms with Crippen LogP contribution in [-0.2, 0) is 4.79 Å². The van der Waals surface area contributed by atoms with Gasteiger partial charge in [-0.2, -0.15) is 0 Å². The van der Waals surface area contributed by atoms with Crippen molar-refractivity contribution in [2.45, 2.75) is 20.3 Å². The van der Waals surface area contributed by atoms with Crippen LogP contribution >= 0.6 is 0 Å². The zero-order chi connectivity index (χ0) is 18.0. The van der Waals surface area contributed by atoms with Gasteiger partial charge in [-0.3, -0.25) is 14.6 Å². The maximum absolute atomic E-state index is 12.7. The topological polar surface area (TPSA) is 79.3 Å². The molecule has 1 aromatic heterocycles. The van der Waals surface area contributed by atoms with Crippen LogP contribution in [0.4, 0.5) is 0 Å². The third kappa shape index (κ3) is 3.31. The van der Waals surface area contributed by atoms with Gasteiger partial charge in [0.1, 0.15) is 0 Å². The Balaban J connectivity index is 1.92. The van der Waals surface area contributed by atoms with Crippen molar-refractivity contribution in [3.63, 3.8) is 0 Å². The van der Waals surface area contributed by atoms with Crippen molar-refractivity contribution in [2.75, 3.05) is 6.54 Å². The number of hydrogen-bond donors (Lipinski definition) is 2. The van der Waals surface area contributed by atoms with Crippen molar-refractivity contribution < 1.29 is 14.7 Å². The van der Waals surface area contributed by atoms with Crippen LogP contribution in [0.2, 0.25) is 0 Å². The first-order valence-corrected chi connectivity index (χ1v) is 8.18. The highest BCUT2D eigenvalue weighted by molar-refractivity contribution is 6.15. The summed E-state index contributed by atoms with van der Waals surface area (Å²) in [7, 11) is 0. The quantitative estimate of drug-likeness (QED) is 0.698. The standard InChI is InChI=1S/C20H20N2O3/c1-20(2,19(24)25)9-11-22-18(23)16-12-13-6-3-4-7-14(13)15-8-5-10-21-17(15)16/h3-8,10,12H,9,11H2,1-2H3,(H,22,23)(H,24,25). The first-order chi connectivity index (χ1) is 11.9. The molecule has 1 amide bonds. The van der Waals surface area contributed by atoms with E-state index < -0.39 is 11.4 Å². The first-order valence-electron chi connectivity index (χ1n) is 8.18. The molecule has 5 heteroatoms. The van der Waals surface area contributed by atoms with Gasteiger partial charge in [0.25, 0.3) is 5.91 Å². The lowest BCUT2D eigenvalue weighted by Gasteiger charge is -2.19. The highest BCUT2D eigenvalue weighted by Crippen LogP contribution is 2.27. The minimum absolute atomic E-state index is 0.240. The molecule has 0 bridgehead atoms. The molecule has 25 heavy (non-hydrogen) atoms. The lowest BCUT2D eigenvalue weighted by Crippen LogP contribution is -2.32. The van der Waals surface area contributed by atoms with Crippen molar-refractivity contribution in [2.24, 2.45) is 5.41 Å². The normalized spacial score (nSPS) is 11.6. The number of rotatable bonds is 5. The number of pyridine rings is 1. The van der Waals surface area contributed by atoms with E-state index >= 15 is 0 Å². The summed E-state index contributed by atoms with van der Waals surface area (Å²) in [6, 6.07) is 13.5. The van der Waals surface area contributed by atoms with E-state index in [2.05, 4.69) is 10.3 Å². The molecule has 0 atom stereocenters. The maximum Gasteiger partial charge on any atom is 0.309 e. The van der Waals surface area contributed by atoms with Gasteiger partial charge in [-0.25, -0.2) is 0 Å². The van der Waals surface area contributed by atoms with Crippen molar-refractivity contribution in [3.05, 3.63) is 54.2 Å². The molecule has 3 rings (SSSR count). The van der Waals surface area contributed by atoms with Crippen LogP contribution in [0.3, 0.4) is 0 Å². The Bertz CT molecular complexity index is 963. The van der Waals surface area contributed by atoms with Gasteiger partial charge in [-0.15, -0.1) is 0 Å². The minimum atomic E-state index is -0.878. The number of aromatic nitrogens is 1. The number of aliphatic carboxylic acids is 1. The van der Waals surface area contributed by atoms with E-state index in [1.807, 2.05) is 42.5 Å². The molecule has 0 aliphatic rings. The molecule has 2 aromatic carbocycles. The van der Waals surface area contributed by atoms with Crippen molar-refractivity contribution in [1.29, 1.82) is 0 Å². The molecule has 0 saturated heterocycles. The fourth-order valence-corrected chi connectivity index (χ4v) is 2.79. The fourth-order valence-electron chi connectivity index (χ4n) is 2.79. The second-order valence-electron chi connectivity index (χ2n) is 6.74. The number of nitrogens with one attached hydrogen (secondary N) is 1. The smallest absolute Gasteiger partial charge is 0.309 e. The summed E-state index contributed by atoms with van der Waals surface area (Å²) < 4.78 is 0. The number of carboxylic acids is 1. The molecule has 0 unspecified atom stereocenters. The predicted octanol–water partition coefficient (Wildman–Crippen LogP) is 3.62. The number of amides is 1. The average Bonchev–Trinajstić information content (AvgIpc) is 2.60. The Morgan fingerprint density at radius 2 is 1.84 bits per heavy atom. The van der Waals surface area contributed by atoms with Crippen LogP contribution < -0.4 is 5.32 Å². The lowest BCUT2D eigenvalue weighted by molar-refractivity contribution is -0.147. The van der Waals surface area contributed by atoms with Gasteiger partial charge >= 0.3 is 5.97 Å². The monoisotopic (exact) mass is 336 g/mol. The molecular weight excluding hydrogens is 316 g/mol. The minimum Gasteiger partial charge on any atom is -0.481 e. The van der Waals surface area contributed by atoms with Crippen molar-refractivity contribution in [1.82, 2.24) is 10.3 Å². The number of benzene rings is 2. The molecule has 3 aromatic rings. The van der Waals surface area contributed by atoms with E-state index in [4.69, 9.17) is 5.11 Å². The zero-order valence-corrected chi connectivity index (χ0v) is 14.2. The summed E-state index contributed by atoms with van der Waals surface area (Å²) >= 11 is 0. The van der Waals surface area contributed by atoms with Crippen LogP contribution in [0.1, 0.15) is 30.6 Å². The van der Waals surface area contributed by atoms with E-state index in [-0.39, 0.29) is 5.91 Å². The van der Waals surface area contributed by atoms with Gasteiger partial charge in [0.2, 0.25) is 0 Å². The highest BCUT2D eigenvalue weighted by Gasteiger charge is 2.26. The van der Waals surface area contributed by atoms with E-state index in [0.717, 1.165) is 16.2 Å². The number of nitrogens with zero attached hydrogens (tertiary/aromatic N) is 1. The third-order valence-electron chi connectivity index (χ3n) is 4.47. The SMILES string of the molecule is CC(C)(CCNC(=O)c1cc2ccccc2c2cccnc12)C(=O)O. The Hall–Kier alpha value is -2.95. The van der Waals surface area contributed by atoms with Gasteiger partial charge in [-0.05, 0) is 43.2 Å². The Morgan fingerprint density at radius 1 is 1.12 bits per heavy atom. The summed E-state index contributed by atoms with van der Waals surface area (Å²) in [6.07, 6.45) is 2.02. The zero-order valence-electron chi connectivity index (χ0n) is 14.2. The fraction of sp³-hybridized carbons (Fsp3) is 0.250. The summed E-state index contributed by atoms with van der Waals surface area (Å²) in [5, 5.41) is 14.9. The van der Waals surface area contributed by atoms with E-state index in [1.54, 1.807) is 20.0 Å². The number of carboxylic acid groups (broad SMARTS) is 1. The largest absolute Gasteiger partial charge is 0.481 e. The molecule has 1 heterocycles. The molecule has 0 fully saturated rings. The summed E-state index contributed by atoms with van der Waals surface area (Å²) in [5.41, 5.74) is 0.274. The van der Waals surface area contributed by atoms with Crippen LogP contribution in [-0.4, -0.2) is 28.5 Å². The van der Waals surface area contributed by atoms with Crippen molar-refractivity contribution in [3.8, 4) is 0 Å². The van der Waals surface area contributed by atoms with E-state index in [1.165, 1.54) is 0 Å². The summed E-state index contributed by atoms with van der Waals surface area (Å²) in [5.74, 6) is -1.12. The number of carbonyl (C=O) groups is 2. The summed E-state index contributed by atoms with van der Waals surface area (Å²) in [6.45, 7) is 3.59. The van der Waals surface area contributed by atoms with Gasteiger partial charge < -0.3 is 10.4 Å². The van der Waals surface area contributed by atoms with Crippen LogP contribution in [0, 0.1) is 5.41 Å². The van der Waals surface area contributed by atoms with E-state index in [0.29, 0.717) is 24.0 Å². The van der Waals surface area contributed by atoms with E-state index in [9.17, 15) is 9.59 Å². The predicted molar refractivity (Wildman–Crippen MR) is 97.6 cm³/mol. The van der Waals surface area contributed by atoms with Gasteiger partial charge in [0, 0.05) is 18.1 Å². The molecule has 0 radical (unpaired) electrons. The number of carbonyl (C=O) groups excluding carboxylic acids is 1. The van der Waals surface area contributed by atoms with Crippen LogP contribution in [0.5, 0.6) is 0 Å². The Morgan fingerprint density at radius 3 is 2.60 bits per heavy atom. The molecule has 5 nitrogen and oxygen atoms in total. The molecule has 2 N–H and O–H groups in total. The Labute approximate surface area is 145 Å². The average molecular weight is 336 g/mol. The van der Waals surface area contributed by atoms with Crippen LogP contribution in [0.25, 0.3) is 21.7 Å². The molecule has 0 aliphatic carbocycles. The first kappa shape index (κ1) is 16.9. The molecule has 0 spiro atoms. The molecule has 0 aliphatic heterocycles. The van der Waals surface area contributed by atoms with Crippen molar-refractivity contribution >= 4 is 33.6 Å². The second kappa shape index (κ2) is 6.51. The van der Waals surface area contributed by atoms with Gasteiger partial charge in [-0.1, -0.05) is 30.3 Å². The third-order valence-corrected chi connectivity index (χ3v) is 4.47. The highest BCUT2D eigenvalue weighted by atomic mass is 16.4. The number of fused-ring (bicyclic) bond motifs is 3. The second-order valence-corrected chi connectivity index (χ2v) is 6.74. The Kier molecular flexibility index (Phi) is 4.40. The maximum atomic E-state index is 12.7. The van der Waals surface area contributed by atoms with Gasteiger partial charge in [0.05, 0.1) is 16.5 Å².